The second-order valence-electron chi connectivity index (χ2n) is 6.98. The second-order valence-corrected chi connectivity index (χ2v) is 6.98. The van der Waals surface area contributed by atoms with Crippen molar-refractivity contribution in [3.63, 3.8) is 0 Å². The minimum atomic E-state index is -0.247. The maximum absolute atomic E-state index is 12.2. The molecule has 2 N–H and O–H groups in total. The Morgan fingerprint density at radius 3 is 2.69 bits per heavy atom. The first kappa shape index (κ1) is 21.1. The highest BCUT2D eigenvalue weighted by Gasteiger charge is 2.13. The molecule has 3 rings (SSSR count). The smallest absolute Gasteiger partial charge is 0.319 e. The summed E-state index contributed by atoms with van der Waals surface area (Å²) in [5.74, 6) is 1.01. The summed E-state index contributed by atoms with van der Waals surface area (Å²) in [4.78, 5) is 19.0. The highest BCUT2D eigenvalue weighted by atomic mass is 16.5. The molecule has 29 heavy (non-hydrogen) atoms. The molecular weight excluding hydrogens is 368 g/mol. The first-order valence-electron chi connectivity index (χ1n) is 10.2. The number of ether oxygens (including phenoxy) is 2. The molecule has 1 aromatic heterocycles. The van der Waals surface area contributed by atoms with Gasteiger partial charge in [-0.05, 0) is 49.1 Å². The molecule has 156 valence electrons. The van der Waals surface area contributed by atoms with Gasteiger partial charge >= 0.3 is 6.03 Å². The number of carbonyl (C=O) groups excluding carboxylic acids is 1. The largest absolute Gasteiger partial charge is 0.379 e. The van der Waals surface area contributed by atoms with Crippen LogP contribution in [-0.4, -0.2) is 43.9 Å². The maximum Gasteiger partial charge on any atom is 0.319 e. The van der Waals surface area contributed by atoms with Crippen LogP contribution in [0.4, 0.5) is 16.3 Å². The molecule has 0 radical (unpaired) electrons. The SMILES string of the molecule is CCOCCOCc1cccc(NC(=O)NCc2ccc(N3CCCC3)nc2)c1. The van der Waals surface area contributed by atoms with E-state index in [0.717, 1.165) is 35.7 Å². The predicted molar refractivity (Wildman–Crippen MR) is 114 cm³/mol. The van der Waals surface area contributed by atoms with Crippen molar-refractivity contribution >= 4 is 17.5 Å². The summed E-state index contributed by atoms with van der Waals surface area (Å²) in [6.45, 7) is 6.85. The Kier molecular flexibility index (Phi) is 8.27. The lowest BCUT2D eigenvalue weighted by atomic mass is 10.2. The van der Waals surface area contributed by atoms with Gasteiger partial charge in [0, 0.05) is 38.1 Å². The third kappa shape index (κ3) is 7.03. The molecule has 2 amide bonds. The molecule has 2 heterocycles. The summed E-state index contributed by atoms with van der Waals surface area (Å²) in [6, 6.07) is 11.4. The number of aromatic nitrogens is 1. The minimum Gasteiger partial charge on any atom is -0.379 e. The van der Waals surface area contributed by atoms with E-state index in [9.17, 15) is 4.79 Å². The van der Waals surface area contributed by atoms with Crippen molar-refractivity contribution in [2.24, 2.45) is 0 Å². The van der Waals surface area contributed by atoms with Crippen molar-refractivity contribution < 1.29 is 14.3 Å². The highest BCUT2D eigenvalue weighted by Crippen LogP contribution is 2.17. The van der Waals surface area contributed by atoms with E-state index in [-0.39, 0.29) is 6.03 Å². The maximum atomic E-state index is 12.2. The van der Waals surface area contributed by atoms with Crippen LogP contribution in [-0.2, 0) is 22.6 Å². The van der Waals surface area contributed by atoms with Crippen LogP contribution in [0.1, 0.15) is 30.9 Å². The Balaban J connectivity index is 1.41. The molecule has 7 heteroatoms. The summed E-state index contributed by atoms with van der Waals surface area (Å²) in [5, 5.41) is 5.73. The van der Waals surface area contributed by atoms with Gasteiger partial charge in [-0.15, -0.1) is 0 Å². The zero-order valence-corrected chi connectivity index (χ0v) is 17.0. The molecule has 1 aromatic carbocycles. The van der Waals surface area contributed by atoms with E-state index in [1.807, 2.05) is 49.5 Å². The number of rotatable bonds is 10. The van der Waals surface area contributed by atoms with Crippen LogP contribution in [0, 0.1) is 0 Å². The van der Waals surface area contributed by atoms with Crippen molar-refractivity contribution in [3.8, 4) is 0 Å². The Labute approximate surface area is 172 Å². The van der Waals surface area contributed by atoms with E-state index in [2.05, 4.69) is 20.5 Å². The minimum absolute atomic E-state index is 0.247. The van der Waals surface area contributed by atoms with Crippen molar-refractivity contribution in [1.29, 1.82) is 0 Å². The van der Waals surface area contributed by atoms with Gasteiger partial charge in [0.25, 0.3) is 0 Å². The van der Waals surface area contributed by atoms with E-state index >= 15 is 0 Å². The normalized spacial score (nSPS) is 13.5. The van der Waals surface area contributed by atoms with Gasteiger partial charge in [-0.1, -0.05) is 18.2 Å². The van der Waals surface area contributed by atoms with E-state index in [1.54, 1.807) is 0 Å². The molecule has 1 aliphatic rings. The van der Waals surface area contributed by atoms with Gasteiger partial charge in [-0.25, -0.2) is 9.78 Å². The number of carbonyl (C=O) groups is 1. The van der Waals surface area contributed by atoms with E-state index in [1.165, 1.54) is 12.8 Å². The molecule has 0 saturated carbocycles. The number of nitrogens with one attached hydrogen (secondary N) is 2. The number of anilines is 2. The van der Waals surface area contributed by atoms with E-state index in [0.29, 0.717) is 33.0 Å². The lowest BCUT2D eigenvalue weighted by Crippen LogP contribution is -2.28. The van der Waals surface area contributed by atoms with Crippen LogP contribution in [0.5, 0.6) is 0 Å². The van der Waals surface area contributed by atoms with Crippen molar-refractivity contribution in [2.75, 3.05) is 43.1 Å². The summed E-state index contributed by atoms with van der Waals surface area (Å²) >= 11 is 0. The Morgan fingerprint density at radius 2 is 1.93 bits per heavy atom. The molecule has 2 aromatic rings. The number of nitrogens with zero attached hydrogens (tertiary/aromatic N) is 2. The number of benzene rings is 1. The third-order valence-electron chi connectivity index (χ3n) is 4.72. The summed E-state index contributed by atoms with van der Waals surface area (Å²) in [5.41, 5.74) is 2.71. The van der Waals surface area contributed by atoms with Gasteiger partial charge in [-0.3, -0.25) is 0 Å². The van der Waals surface area contributed by atoms with Crippen molar-refractivity contribution in [1.82, 2.24) is 10.3 Å². The molecular formula is C22H30N4O3. The van der Waals surface area contributed by atoms with E-state index < -0.39 is 0 Å². The zero-order valence-electron chi connectivity index (χ0n) is 17.0. The fraction of sp³-hybridized carbons (Fsp3) is 0.455. The van der Waals surface area contributed by atoms with Gasteiger partial charge < -0.3 is 25.0 Å². The molecule has 0 unspecified atom stereocenters. The number of pyridine rings is 1. The standard InChI is InChI=1S/C22H30N4O3/c1-2-28-12-13-29-17-18-6-5-7-20(14-18)25-22(27)24-16-19-8-9-21(23-15-19)26-10-3-4-11-26/h5-9,14-15H,2-4,10-13,16-17H2,1H3,(H2,24,25,27). The number of amides is 2. The Hall–Kier alpha value is -2.64. The van der Waals surface area contributed by atoms with Gasteiger partial charge in [0.15, 0.2) is 0 Å². The summed E-state index contributed by atoms with van der Waals surface area (Å²) in [7, 11) is 0. The topological polar surface area (TPSA) is 75.7 Å². The molecule has 0 aliphatic carbocycles. The number of urea groups is 1. The zero-order chi connectivity index (χ0) is 20.3. The third-order valence-corrected chi connectivity index (χ3v) is 4.72. The Morgan fingerprint density at radius 1 is 1.10 bits per heavy atom. The Bertz CT molecular complexity index is 761. The van der Waals surface area contributed by atoms with Crippen LogP contribution < -0.4 is 15.5 Å². The van der Waals surface area contributed by atoms with Gasteiger partial charge in [0.05, 0.1) is 19.8 Å². The molecule has 7 nitrogen and oxygen atoms in total. The fourth-order valence-electron chi connectivity index (χ4n) is 3.20. The molecule has 1 aliphatic heterocycles. The highest BCUT2D eigenvalue weighted by molar-refractivity contribution is 5.89. The van der Waals surface area contributed by atoms with Crippen molar-refractivity contribution in [3.05, 3.63) is 53.7 Å². The quantitative estimate of drug-likeness (QED) is 0.599. The van der Waals surface area contributed by atoms with Gasteiger partial charge in [0.2, 0.25) is 0 Å². The van der Waals surface area contributed by atoms with Crippen LogP contribution in [0.3, 0.4) is 0 Å². The lowest BCUT2D eigenvalue weighted by Gasteiger charge is -2.16. The van der Waals surface area contributed by atoms with Gasteiger partial charge in [0.1, 0.15) is 5.82 Å². The van der Waals surface area contributed by atoms with Crippen molar-refractivity contribution in [2.45, 2.75) is 32.9 Å². The number of hydrogen-bond donors (Lipinski definition) is 2. The van der Waals surface area contributed by atoms with Gasteiger partial charge in [-0.2, -0.15) is 0 Å². The second kappa shape index (κ2) is 11.4. The lowest BCUT2D eigenvalue weighted by molar-refractivity contribution is 0.0453. The monoisotopic (exact) mass is 398 g/mol. The van der Waals surface area contributed by atoms with Crippen LogP contribution >= 0.6 is 0 Å². The summed E-state index contributed by atoms with van der Waals surface area (Å²) < 4.78 is 10.8. The van der Waals surface area contributed by atoms with Crippen LogP contribution in [0.2, 0.25) is 0 Å². The molecule has 1 saturated heterocycles. The molecule has 0 bridgehead atoms. The average molecular weight is 399 g/mol. The first-order valence-corrected chi connectivity index (χ1v) is 10.2. The first-order chi connectivity index (χ1) is 14.2. The average Bonchev–Trinajstić information content (AvgIpc) is 3.28. The molecule has 0 spiro atoms. The molecule has 0 atom stereocenters. The molecule has 1 fully saturated rings. The predicted octanol–water partition coefficient (Wildman–Crippen LogP) is 3.56. The van der Waals surface area contributed by atoms with Crippen LogP contribution in [0.25, 0.3) is 0 Å². The number of hydrogen-bond acceptors (Lipinski definition) is 5. The fourth-order valence-corrected chi connectivity index (χ4v) is 3.20. The van der Waals surface area contributed by atoms with Crippen LogP contribution in [0.15, 0.2) is 42.6 Å². The van der Waals surface area contributed by atoms with E-state index in [4.69, 9.17) is 9.47 Å². The summed E-state index contributed by atoms with van der Waals surface area (Å²) in [6.07, 6.45) is 4.28.